The molecular weight excluding hydrogens is 294 g/mol. The van der Waals surface area contributed by atoms with Gasteiger partial charge < -0.3 is 5.32 Å². The van der Waals surface area contributed by atoms with E-state index in [0.29, 0.717) is 6.04 Å². The second-order valence-corrected chi connectivity index (χ2v) is 6.82. The van der Waals surface area contributed by atoms with Gasteiger partial charge in [-0.3, -0.25) is 0 Å². The van der Waals surface area contributed by atoms with E-state index in [2.05, 4.69) is 46.7 Å². The van der Waals surface area contributed by atoms with Crippen LogP contribution in [0, 0.1) is 11.8 Å². The number of nitrogens with one attached hydrogen (secondary N) is 1. The number of thiophene rings is 1. The summed E-state index contributed by atoms with van der Waals surface area (Å²) in [5.74, 6) is 1.71. The first-order valence-corrected chi connectivity index (χ1v) is 8.35. The molecule has 2 rings (SSSR count). The molecule has 3 unspecified atom stereocenters. The zero-order valence-electron chi connectivity index (χ0n) is 10.7. The van der Waals surface area contributed by atoms with Crippen molar-refractivity contribution in [2.75, 3.05) is 7.05 Å². The molecule has 1 heterocycles. The van der Waals surface area contributed by atoms with Crippen LogP contribution in [0.4, 0.5) is 0 Å². The predicted molar refractivity (Wildman–Crippen MR) is 79.6 cm³/mol. The molecule has 0 aromatic carbocycles. The second kappa shape index (κ2) is 6.35. The maximum absolute atomic E-state index is 3.69. The van der Waals surface area contributed by atoms with Crippen molar-refractivity contribution in [2.24, 2.45) is 11.8 Å². The zero-order valence-corrected chi connectivity index (χ0v) is 13.1. The molecule has 0 saturated heterocycles. The topological polar surface area (TPSA) is 12.0 Å². The largest absolute Gasteiger partial charge is 0.312 e. The molecule has 1 aromatic heterocycles. The van der Waals surface area contributed by atoms with Crippen molar-refractivity contribution in [3.8, 4) is 0 Å². The van der Waals surface area contributed by atoms with Crippen LogP contribution in [-0.4, -0.2) is 7.05 Å². The molecule has 1 fully saturated rings. The SMILES string of the molecule is CCC1CCCCC1C(NC)c1sccc1Br. The van der Waals surface area contributed by atoms with Crippen molar-refractivity contribution in [3.63, 3.8) is 0 Å². The molecule has 0 amide bonds. The average molecular weight is 316 g/mol. The summed E-state index contributed by atoms with van der Waals surface area (Å²) in [5, 5.41) is 5.75. The second-order valence-electron chi connectivity index (χ2n) is 5.02. The number of hydrogen-bond donors (Lipinski definition) is 1. The van der Waals surface area contributed by atoms with Crippen LogP contribution in [0.3, 0.4) is 0 Å². The summed E-state index contributed by atoms with van der Waals surface area (Å²) in [6.45, 7) is 2.35. The van der Waals surface area contributed by atoms with Crippen LogP contribution in [0.25, 0.3) is 0 Å². The molecule has 1 N–H and O–H groups in total. The average Bonchev–Trinajstić information content (AvgIpc) is 2.78. The highest BCUT2D eigenvalue weighted by Gasteiger charge is 2.32. The minimum Gasteiger partial charge on any atom is -0.312 e. The van der Waals surface area contributed by atoms with Gasteiger partial charge in [-0.2, -0.15) is 0 Å². The van der Waals surface area contributed by atoms with E-state index in [1.807, 2.05) is 11.3 Å². The number of rotatable bonds is 4. The van der Waals surface area contributed by atoms with Crippen molar-refractivity contribution in [2.45, 2.75) is 45.1 Å². The van der Waals surface area contributed by atoms with Gasteiger partial charge in [-0.15, -0.1) is 11.3 Å². The summed E-state index contributed by atoms with van der Waals surface area (Å²) >= 11 is 5.57. The van der Waals surface area contributed by atoms with Crippen LogP contribution >= 0.6 is 27.3 Å². The lowest BCUT2D eigenvalue weighted by Gasteiger charge is -2.36. The van der Waals surface area contributed by atoms with Crippen molar-refractivity contribution < 1.29 is 0 Å². The Morgan fingerprint density at radius 2 is 2.24 bits per heavy atom. The minimum absolute atomic E-state index is 0.537. The van der Waals surface area contributed by atoms with Crippen LogP contribution in [0.2, 0.25) is 0 Å². The molecule has 1 aromatic rings. The van der Waals surface area contributed by atoms with E-state index in [0.717, 1.165) is 11.8 Å². The predicted octanol–water partition coefficient (Wildman–Crippen LogP) is 4.99. The molecule has 96 valence electrons. The first-order chi connectivity index (χ1) is 8.27. The van der Waals surface area contributed by atoms with Gasteiger partial charge in [0, 0.05) is 15.4 Å². The van der Waals surface area contributed by atoms with Crippen LogP contribution in [-0.2, 0) is 0 Å². The van der Waals surface area contributed by atoms with E-state index in [-0.39, 0.29) is 0 Å². The lowest BCUT2D eigenvalue weighted by Crippen LogP contribution is -2.32. The fourth-order valence-electron chi connectivity index (χ4n) is 3.25. The molecule has 3 heteroatoms. The highest BCUT2D eigenvalue weighted by atomic mass is 79.9. The number of hydrogen-bond acceptors (Lipinski definition) is 2. The Hall–Kier alpha value is 0.140. The third-order valence-electron chi connectivity index (χ3n) is 4.16. The van der Waals surface area contributed by atoms with Crippen LogP contribution in [0.1, 0.15) is 49.9 Å². The van der Waals surface area contributed by atoms with Gasteiger partial charge in [-0.05, 0) is 52.7 Å². The molecule has 3 atom stereocenters. The Kier molecular flexibility index (Phi) is 5.07. The molecular formula is C14H22BrNS. The molecule has 1 aliphatic rings. The summed E-state index contributed by atoms with van der Waals surface area (Å²) in [7, 11) is 2.11. The van der Waals surface area contributed by atoms with E-state index in [1.54, 1.807) is 0 Å². The lowest BCUT2D eigenvalue weighted by molar-refractivity contribution is 0.182. The van der Waals surface area contributed by atoms with Crippen LogP contribution in [0.5, 0.6) is 0 Å². The molecule has 17 heavy (non-hydrogen) atoms. The van der Waals surface area contributed by atoms with Crippen LogP contribution in [0.15, 0.2) is 15.9 Å². The van der Waals surface area contributed by atoms with E-state index in [4.69, 9.17) is 0 Å². The summed E-state index contributed by atoms with van der Waals surface area (Å²) in [6.07, 6.45) is 6.96. The first kappa shape index (κ1) is 13.6. The smallest absolute Gasteiger partial charge is 0.0455 e. The van der Waals surface area contributed by atoms with E-state index < -0.39 is 0 Å². The Labute approximate surface area is 117 Å². The van der Waals surface area contributed by atoms with Gasteiger partial charge in [-0.1, -0.05) is 32.6 Å². The molecule has 0 aliphatic heterocycles. The molecule has 0 bridgehead atoms. The van der Waals surface area contributed by atoms with Gasteiger partial charge in [0.1, 0.15) is 0 Å². The number of halogens is 1. The maximum atomic E-state index is 3.69. The van der Waals surface area contributed by atoms with E-state index in [9.17, 15) is 0 Å². The van der Waals surface area contributed by atoms with Crippen molar-refractivity contribution >= 4 is 27.3 Å². The zero-order chi connectivity index (χ0) is 12.3. The standard InChI is InChI=1S/C14H22BrNS/c1-3-10-6-4-5-7-11(10)13(16-2)14-12(15)8-9-17-14/h8-11,13,16H,3-7H2,1-2H3. The normalized spacial score (nSPS) is 27.0. The van der Waals surface area contributed by atoms with Crippen molar-refractivity contribution in [1.82, 2.24) is 5.32 Å². The highest BCUT2D eigenvalue weighted by Crippen LogP contribution is 2.43. The third kappa shape index (κ3) is 2.94. The molecule has 0 radical (unpaired) electrons. The Morgan fingerprint density at radius 1 is 1.47 bits per heavy atom. The Bertz CT molecular complexity index is 350. The molecule has 1 saturated carbocycles. The summed E-state index contributed by atoms with van der Waals surface area (Å²) < 4.78 is 1.28. The van der Waals surface area contributed by atoms with Gasteiger partial charge in [0.25, 0.3) is 0 Å². The fraction of sp³-hybridized carbons (Fsp3) is 0.714. The fourth-order valence-corrected chi connectivity index (χ4v) is 5.05. The monoisotopic (exact) mass is 315 g/mol. The summed E-state index contributed by atoms with van der Waals surface area (Å²) in [5.41, 5.74) is 0. The highest BCUT2D eigenvalue weighted by molar-refractivity contribution is 9.10. The molecule has 1 aliphatic carbocycles. The lowest BCUT2D eigenvalue weighted by atomic mass is 9.73. The van der Waals surface area contributed by atoms with Crippen molar-refractivity contribution in [3.05, 3.63) is 20.8 Å². The van der Waals surface area contributed by atoms with E-state index in [1.165, 1.54) is 41.5 Å². The van der Waals surface area contributed by atoms with Gasteiger partial charge in [0.05, 0.1) is 0 Å². The van der Waals surface area contributed by atoms with Crippen LogP contribution < -0.4 is 5.32 Å². The van der Waals surface area contributed by atoms with Gasteiger partial charge in [0.15, 0.2) is 0 Å². The van der Waals surface area contributed by atoms with Crippen molar-refractivity contribution in [1.29, 1.82) is 0 Å². The van der Waals surface area contributed by atoms with E-state index >= 15 is 0 Å². The van der Waals surface area contributed by atoms with Gasteiger partial charge in [0.2, 0.25) is 0 Å². The van der Waals surface area contributed by atoms with Gasteiger partial charge in [-0.25, -0.2) is 0 Å². The summed E-state index contributed by atoms with van der Waals surface area (Å²) in [6, 6.07) is 2.71. The Morgan fingerprint density at radius 3 is 2.82 bits per heavy atom. The maximum Gasteiger partial charge on any atom is 0.0455 e. The minimum atomic E-state index is 0.537. The molecule has 1 nitrogen and oxygen atoms in total. The summed E-state index contributed by atoms with van der Waals surface area (Å²) in [4.78, 5) is 1.48. The third-order valence-corrected chi connectivity index (χ3v) is 6.11. The molecule has 0 spiro atoms. The Balaban J connectivity index is 2.19. The quantitative estimate of drug-likeness (QED) is 0.825. The van der Waals surface area contributed by atoms with Gasteiger partial charge >= 0.3 is 0 Å². The first-order valence-electron chi connectivity index (χ1n) is 6.68.